The fourth-order valence-electron chi connectivity index (χ4n) is 2.25. The second-order valence-electron chi connectivity index (χ2n) is 5.32. The van der Waals surface area contributed by atoms with E-state index in [1.54, 1.807) is 65.9 Å². The third-order valence-electron chi connectivity index (χ3n) is 3.49. The van der Waals surface area contributed by atoms with Gasteiger partial charge in [0.2, 0.25) is 5.91 Å². The highest BCUT2D eigenvalue weighted by molar-refractivity contribution is 7.10. The Labute approximate surface area is 160 Å². The first kappa shape index (κ1) is 17.9. The molecule has 0 aliphatic carbocycles. The van der Waals surface area contributed by atoms with Gasteiger partial charge in [0.15, 0.2) is 0 Å². The smallest absolute Gasteiger partial charge is 0.257 e. The van der Waals surface area contributed by atoms with Gasteiger partial charge in [0, 0.05) is 11.0 Å². The second kappa shape index (κ2) is 8.47. The van der Waals surface area contributed by atoms with Crippen LogP contribution in [-0.4, -0.2) is 11.8 Å². The molecule has 0 fully saturated rings. The first-order valence-corrected chi connectivity index (χ1v) is 9.07. The maximum atomic E-state index is 12.4. The Morgan fingerprint density at radius 3 is 2.27 bits per heavy atom. The monoisotopic (exact) mass is 382 g/mol. The average Bonchev–Trinajstić information content (AvgIpc) is 3.15. The molecule has 0 aliphatic heterocycles. The van der Waals surface area contributed by atoms with Gasteiger partial charge in [-0.3, -0.25) is 9.59 Å². The summed E-state index contributed by atoms with van der Waals surface area (Å²) in [5, 5.41) is 7.87. The van der Waals surface area contributed by atoms with Crippen LogP contribution in [0.25, 0.3) is 6.08 Å². The Morgan fingerprint density at radius 2 is 1.58 bits per heavy atom. The molecule has 26 heavy (non-hydrogen) atoms. The molecule has 0 spiro atoms. The number of nitrogens with one attached hydrogen (secondary N) is 2. The van der Waals surface area contributed by atoms with Gasteiger partial charge in [-0.2, -0.15) is 0 Å². The largest absolute Gasteiger partial charge is 0.321 e. The first-order valence-electron chi connectivity index (χ1n) is 7.81. The summed E-state index contributed by atoms with van der Waals surface area (Å²) < 4.78 is 0. The number of amides is 2. The predicted octanol–water partition coefficient (Wildman–Crippen LogP) is 5.31. The summed E-state index contributed by atoms with van der Waals surface area (Å²) in [4.78, 5) is 25.6. The molecule has 1 heterocycles. The van der Waals surface area contributed by atoms with Gasteiger partial charge in [0.05, 0.1) is 22.0 Å². The zero-order valence-electron chi connectivity index (χ0n) is 13.6. The Bertz CT molecular complexity index is 952. The molecule has 0 aliphatic rings. The predicted molar refractivity (Wildman–Crippen MR) is 108 cm³/mol. The molecule has 3 rings (SSSR count). The first-order chi connectivity index (χ1) is 12.6. The van der Waals surface area contributed by atoms with E-state index in [0.717, 1.165) is 4.88 Å². The van der Waals surface area contributed by atoms with Gasteiger partial charge < -0.3 is 10.6 Å². The van der Waals surface area contributed by atoms with Crippen molar-refractivity contribution in [3.05, 3.63) is 87.6 Å². The number of benzene rings is 2. The number of carbonyl (C=O) groups is 2. The van der Waals surface area contributed by atoms with Crippen molar-refractivity contribution in [3.63, 3.8) is 0 Å². The molecular weight excluding hydrogens is 368 g/mol. The van der Waals surface area contributed by atoms with Crippen molar-refractivity contribution in [2.24, 2.45) is 0 Å². The SMILES string of the molecule is O=C(/C=C/c1cccs1)Nc1ccccc1NC(=O)c1ccccc1Cl. The number of carbonyl (C=O) groups excluding carboxylic acids is 2. The Hall–Kier alpha value is -2.89. The molecule has 3 aromatic rings. The maximum Gasteiger partial charge on any atom is 0.257 e. The summed E-state index contributed by atoms with van der Waals surface area (Å²) in [6, 6.07) is 17.6. The highest BCUT2D eigenvalue weighted by Gasteiger charge is 2.12. The van der Waals surface area contributed by atoms with Crippen molar-refractivity contribution < 1.29 is 9.59 Å². The average molecular weight is 383 g/mol. The molecule has 2 aromatic carbocycles. The summed E-state index contributed by atoms with van der Waals surface area (Å²) in [5.74, 6) is -0.621. The third kappa shape index (κ3) is 4.59. The van der Waals surface area contributed by atoms with Crippen LogP contribution in [0.3, 0.4) is 0 Å². The molecule has 0 unspecified atom stereocenters. The number of para-hydroxylation sites is 2. The molecular formula is C20H15ClN2O2S. The van der Waals surface area contributed by atoms with Crippen LogP contribution in [-0.2, 0) is 4.79 Å². The number of halogens is 1. The van der Waals surface area contributed by atoms with E-state index >= 15 is 0 Å². The van der Waals surface area contributed by atoms with Crippen molar-refractivity contribution in [2.75, 3.05) is 10.6 Å². The van der Waals surface area contributed by atoms with Crippen LogP contribution in [0.15, 0.2) is 72.1 Å². The van der Waals surface area contributed by atoms with Crippen LogP contribution in [0.4, 0.5) is 11.4 Å². The van der Waals surface area contributed by atoms with Crippen molar-refractivity contribution in [3.8, 4) is 0 Å². The minimum Gasteiger partial charge on any atom is -0.321 e. The van der Waals surface area contributed by atoms with Gasteiger partial charge in [-0.1, -0.05) is 41.9 Å². The normalized spacial score (nSPS) is 10.7. The molecule has 2 amide bonds. The quantitative estimate of drug-likeness (QED) is 0.588. The van der Waals surface area contributed by atoms with Crippen LogP contribution in [0.5, 0.6) is 0 Å². The Morgan fingerprint density at radius 1 is 0.885 bits per heavy atom. The molecule has 0 atom stereocenters. The zero-order valence-corrected chi connectivity index (χ0v) is 15.2. The summed E-state index contributed by atoms with van der Waals surface area (Å²) in [6.07, 6.45) is 3.20. The topological polar surface area (TPSA) is 58.2 Å². The van der Waals surface area contributed by atoms with E-state index in [9.17, 15) is 9.59 Å². The Kier molecular flexibility index (Phi) is 5.84. The van der Waals surface area contributed by atoms with Gasteiger partial charge in [-0.15, -0.1) is 11.3 Å². The molecule has 6 heteroatoms. The minimum atomic E-state index is -0.341. The van der Waals surface area contributed by atoms with Crippen LogP contribution < -0.4 is 10.6 Å². The lowest BCUT2D eigenvalue weighted by Crippen LogP contribution is -2.15. The summed E-state index contributed by atoms with van der Waals surface area (Å²) >= 11 is 7.61. The van der Waals surface area contributed by atoms with Crippen LogP contribution in [0.1, 0.15) is 15.2 Å². The van der Waals surface area contributed by atoms with Crippen molar-refractivity contribution in [1.82, 2.24) is 0 Å². The lowest BCUT2D eigenvalue weighted by atomic mass is 10.2. The molecule has 130 valence electrons. The van der Waals surface area contributed by atoms with E-state index in [4.69, 9.17) is 11.6 Å². The van der Waals surface area contributed by atoms with Gasteiger partial charge in [-0.05, 0) is 41.8 Å². The lowest BCUT2D eigenvalue weighted by molar-refractivity contribution is -0.111. The van der Waals surface area contributed by atoms with Gasteiger partial charge in [-0.25, -0.2) is 0 Å². The number of rotatable bonds is 5. The summed E-state index contributed by atoms with van der Waals surface area (Å²) in [6.45, 7) is 0. The fourth-order valence-corrected chi connectivity index (χ4v) is 3.09. The number of hydrogen-bond donors (Lipinski definition) is 2. The van der Waals surface area contributed by atoms with Crippen molar-refractivity contribution >= 4 is 52.2 Å². The number of anilines is 2. The zero-order chi connectivity index (χ0) is 18.4. The molecule has 0 radical (unpaired) electrons. The van der Waals surface area contributed by atoms with Crippen LogP contribution >= 0.6 is 22.9 Å². The van der Waals surface area contributed by atoms with Gasteiger partial charge in [0.25, 0.3) is 5.91 Å². The summed E-state index contributed by atoms with van der Waals surface area (Å²) in [7, 11) is 0. The van der Waals surface area contributed by atoms with Gasteiger partial charge >= 0.3 is 0 Å². The van der Waals surface area contributed by atoms with Crippen molar-refractivity contribution in [2.45, 2.75) is 0 Å². The van der Waals surface area contributed by atoms with Crippen molar-refractivity contribution in [1.29, 1.82) is 0 Å². The van der Waals surface area contributed by atoms with E-state index in [1.807, 2.05) is 17.5 Å². The Balaban J connectivity index is 1.73. The lowest BCUT2D eigenvalue weighted by Gasteiger charge is -2.12. The summed E-state index contributed by atoms with van der Waals surface area (Å²) in [5.41, 5.74) is 1.37. The minimum absolute atomic E-state index is 0.280. The van der Waals surface area contributed by atoms with E-state index in [1.165, 1.54) is 6.08 Å². The molecule has 4 nitrogen and oxygen atoms in total. The highest BCUT2D eigenvalue weighted by atomic mass is 35.5. The standard InChI is InChI=1S/C20H15ClN2O2S/c21-16-8-2-1-7-15(16)20(25)23-18-10-4-3-9-17(18)22-19(24)12-11-14-6-5-13-26-14/h1-13H,(H,22,24)(H,23,25)/b12-11+. The van der Waals surface area contributed by atoms with E-state index in [-0.39, 0.29) is 11.8 Å². The molecule has 0 bridgehead atoms. The number of thiophene rings is 1. The van der Waals surface area contributed by atoms with Crippen LogP contribution in [0.2, 0.25) is 5.02 Å². The maximum absolute atomic E-state index is 12.4. The molecule has 1 aromatic heterocycles. The second-order valence-corrected chi connectivity index (χ2v) is 6.70. The molecule has 0 saturated carbocycles. The van der Waals surface area contributed by atoms with E-state index in [2.05, 4.69) is 10.6 Å². The number of hydrogen-bond acceptors (Lipinski definition) is 3. The molecule has 0 saturated heterocycles. The highest BCUT2D eigenvalue weighted by Crippen LogP contribution is 2.23. The molecule has 2 N–H and O–H groups in total. The van der Waals surface area contributed by atoms with Gasteiger partial charge in [0.1, 0.15) is 0 Å². The third-order valence-corrected chi connectivity index (χ3v) is 4.66. The fraction of sp³-hybridized carbons (Fsp3) is 0. The van der Waals surface area contributed by atoms with Crippen LogP contribution in [0, 0.1) is 0 Å². The van der Waals surface area contributed by atoms with E-state index in [0.29, 0.717) is 22.0 Å². The van der Waals surface area contributed by atoms with E-state index < -0.39 is 0 Å².